The molecule has 0 radical (unpaired) electrons. The summed E-state index contributed by atoms with van der Waals surface area (Å²) in [4.78, 5) is 4.88. The fourth-order valence-electron chi connectivity index (χ4n) is 3.40. The lowest BCUT2D eigenvalue weighted by Gasteiger charge is -2.23. The Hall–Kier alpha value is -1.76. The van der Waals surface area contributed by atoms with Gasteiger partial charge in [0.05, 0.1) is 10.6 Å². The summed E-state index contributed by atoms with van der Waals surface area (Å²) in [6.45, 7) is 3.35. The fourth-order valence-corrected chi connectivity index (χ4v) is 4.03. The molecule has 0 unspecified atom stereocenters. The molecule has 0 spiro atoms. The number of aryl methyl sites for hydroxylation is 1. The van der Waals surface area contributed by atoms with Crippen molar-refractivity contribution >= 4 is 9.84 Å². The number of pyridine rings is 1. The first-order valence-electron chi connectivity index (χ1n) is 9.72. The number of rotatable bonds is 8. The highest BCUT2D eigenvalue weighted by Gasteiger charge is 2.11. The molecule has 1 aromatic carbocycles. The van der Waals surface area contributed by atoms with Crippen molar-refractivity contribution in [2.24, 2.45) is 0 Å². The maximum Gasteiger partial charge on any atom is 0.175 e. The number of hydrogen-bond acceptors (Lipinski definition) is 5. The minimum atomic E-state index is -3.16. The van der Waals surface area contributed by atoms with Gasteiger partial charge in [0, 0.05) is 24.1 Å². The van der Waals surface area contributed by atoms with Crippen molar-refractivity contribution in [3.63, 3.8) is 0 Å². The van der Waals surface area contributed by atoms with E-state index in [-0.39, 0.29) is 0 Å². The van der Waals surface area contributed by atoms with Crippen LogP contribution in [0.4, 0.5) is 0 Å². The molecule has 0 atom stereocenters. The normalized spacial score (nSPS) is 15.7. The number of unbranched alkanes of at least 4 members (excludes halogenated alkanes) is 1. The van der Waals surface area contributed by atoms with Gasteiger partial charge in [-0.05, 0) is 75.5 Å². The van der Waals surface area contributed by atoms with E-state index in [0.29, 0.717) is 10.9 Å². The highest BCUT2D eigenvalue weighted by molar-refractivity contribution is 7.90. The van der Waals surface area contributed by atoms with E-state index in [9.17, 15) is 8.42 Å². The van der Waals surface area contributed by atoms with Crippen LogP contribution < -0.4 is 10.6 Å². The summed E-state index contributed by atoms with van der Waals surface area (Å²) in [5.74, 6) is 0. The van der Waals surface area contributed by atoms with Gasteiger partial charge >= 0.3 is 0 Å². The molecule has 3 rings (SSSR count). The zero-order valence-corrected chi connectivity index (χ0v) is 16.8. The third-order valence-corrected chi connectivity index (χ3v) is 6.20. The summed E-state index contributed by atoms with van der Waals surface area (Å²) in [5.41, 5.74) is 3.04. The van der Waals surface area contributed by atoms with Crippen molar-refractivity contribution in [1.29, 1.82) is 0 Å². The summed E-state index contributed by atoms with van der Waals surface area (Å²) >= 11 is 0. The Labute approximate surface area is 162 Å². The minimum absolute atomic E-state index is 0.334. The predicted molar refractivity (Wildman–Crippen MR) is 110 cm³/mol. The Balaban J connectivity index is 1.44. The van der Waals surface area contributed by atoms with Crippen LogP contribution in [0.1, 0.15) is 31.2 Å². The second kappa shape index (κ2) is 9.44. The molecule has 1 fully saturated rings. The molecule has 0 bridgehead atoms. The van der Waals surface area contributed by atoms with Gasteiger partial charge < -0.3 is 10.6 Å². The third kappa shape index (κ3) is 6.13. The second-order valence-corrected chi connectivity index (χ2v) is 9.30. The summed E-state index contributed by atoms with van der Waals surface area (Å²) in [6, 6.07) is 11.7. The van der Waals surface area contributed by atoms with Crippen molar-refractivity contribution in [2.75, 3.05) is 25.9 Å². The summed E-state index contributed by atoms with van der Waals surface area (Å²) in [5, 5.41) is 7.04. The van der Waals surface area contributed by atoms with E-state index < -0.39 is 9.84 Å². The molecule has 0 aliphatic carbocycles. The maximum absolute atomic E-state index is 11.5. The molecule has 2 heterocycles. The lowest BCUT2D eigenvalue weighted by molar-refractivity contribution is 0.384. The van der Waals surface area contributed by atoms with Gasteiger partial charge in [-0.15, -0.1) is 0 Å². The van der Waals surface area contributed by atoms with E-state index >= 15 is 0 Å². The first-order valence-corrected chi connectivity index (χ1v) is 11.6. The molecule has 146 valence electrons. The SMILES string of the molecule is CS(=O)(=O)c1ccc(-c2ccc(CCCCNC3CCNCC3)cn2)cc1. The number of hydrogen-bond donors (Lipinski definition) is 2. The molecule has 2 N–H and O–H groups in total. The first kappa shape index (κ1) is 20.0. The van der Waals surface area contributed by atoms with Crippen LogP contribution in [-0.2, 0) is 16.3 Å². The molecule has 6 heteroatoms. The largest absolute Gasteiger partial charge is 0.317 e. The standard InChI is InChI=1S/C21H29N3O2S/c1-27(25,26)20-8-6-18(7-9-20)21-10-5-17(16-24-21)4-2-3-13-23-19-11-14-22-15-12-19/h5-10,16,19,22-23H,2-4,11-15H2,1H3. The fraction of sp³-hybridized carbons (Fsp3) is 0.476. The van der Waals surface area contributed by atoms with Crippen LogP contribution in [-0.4, -0.2) is 45.3 Å². The van der Waals surface area contributed by atoms with Crippen LogP contribution in [0.2, 0.25) is 0 Å². The van der Waals surface area contributed by atoms with E-state index in [1.165, 1.54) is 31.1 Å². The summed E-state index contributed by atoms with van der Waals surface area (Å²) < 4.78 is 23.1. The van der Waals surface area contributed by atoms with Crippen LogP contribution in [0.25, 0.3) is 11.3 Å². The van der Waals surface area contributed by atoms with Crippen molar-refractivity contribution < 1.29 is 8.42 Å². The Bertz CT molecular complexity index is 812. The van der Waals surface area contributed by atoms with Crippen molar-refractivity contribution in [1.82, 2.24) is 15.6 Å². The molecule has 2 aromatic rings. The number of aromatic nitrogens is 1. The molecule has 1 aliphatic heterocycles. The van der Waals surface area contributed by atoms with E-state index in [4.69, 9.17) is 0 Å². The molecule has 27 heavy (non-hydrogen) atoms. The highest BCUT2D eigenvalue weighted by atomic mass is 32.2. The van der Waals surface area contributed by atoms with Crippen molar-refractivity contribution in [3.05, 3.63) is 48.2 Å². The van der Waals surface area contributed by atoms with Gasteiger partial charge in [-0.1, -0.05) is 18.2 Å². The molecule has 1 saturated heterocycles. The Morgan fingerprint density at radius 2 is 1.81 bits per heavy atom. The van der Waals surface area contributed by atoms with Crippen LogP contribution in [0.5, 0.6) is 0 Å². The van der Waals surface area contributed by atoms with Gasteiger partial charge in [-0.25, -0.2) is 8.42 Å². The third-order valence-electron chi connectivity index (χ3n) is 5.07. The molecule has 1 aromatic heterocycles. The van der Waals surface area contributed by atoms with E-state index in [0.717, 1.165) is 43.7 Å². The molecule has 0 saturated carbocycles. The summed E-state index contributed by atoms with van der Waals surface area (Å²) in [7, 11) is -3.16. The average molecular weight is 388 g/mol. The van der Waals surface area contributed by atoms with Gasteiger partial charge in [0.25, 0.3) is 0 Å². The average Bonchev–Trinajstić information content (AvgIpc) is 2.68. The van der Waals surface area contributed by atoms with Crippen molar-refractivity contribution in [2.45, 2.75) is 43.0 Å². The van der Waals surface area contributed by atoms with Crippen LogP contribution in [0.15, 0.2) is 47.5 Å². The topological polar surface area (TPSA) is 71.1 Å². The first-order chi connectivity index (χ1) is 13.0. The summed E-state index contributed by atoms with van der Waals surface area (Å²) in [6.07, 6.45) is 8.99. The molecule has 0 amide bonds. The minimum Gasteiger partial charge on any atom is -0.317 e. The van der Waals surface area contributed by atoms with Gasteiger partial charge in [0.2, 0.25) is 0 Å². The quantitative estimate of drug-likeness (QED) is 0.682. The smallest absolute Gasteiger partial charge is 0.175 e. The maximum atomic E-state index is 11.5. The monoisotopic (exact) mass is 387 g/mol. The van der Waals surface area contributed by atoms with Crippen LogP contribution in [0, 0.1) is 0 Å². The van der Waals surface area contributed by atoms with E-state index in [1.54, 1.807) is 12.1 Å². The number of piperidine rings is 1. The number of nitrogens with one attached hydrogen (secondary N) is 2. The molecular formula is C21H29N3O2S. The molecule has 5 nitrogen and oxygen atoms in total. The van der Waals surface area contributed by atoms with Gasteiger partial charge in [0.1, 0.15) is 0 Å². The lowest BCUT2D eigenvalue weighted by atomic mass is 10.1. The number of sulfone groups is 1. The zero-order chi connectivity index (χ0) is 19.1. The Morgan fingerprint density at radius 3 is 2.44 bits per heavy atom. The van der Waals surface area contributed by atoms with Crippen LogP contribution in [0.3, 0.4) is 0 Å². The van der Waals surface area contributed by atoms with E-state index in [1.807, 2.05) is 24.4 Å². The molecule has 1 aliphatic rings. The van der Waals surface area contributed by atoms with Crippen LogP contribution >= 0.6 is 0 Å². The van der Waals surface area contributed by atoms with Gasteiger partial charge in [-0.2, -0.15) is 0 Å². The highest BCUT2D eigenvalue weighted by Crippen LogP contribution is 2.20. The second-order valence-electron chi connectivity index (χ2n) is 7.28. The number of benzene rings is 1. The number of nitrogens with zero attached hydrogens (tertiary/aromatic N) is 1. The Morgan fingerprint density at radius 1 is 1.07 bits per heavy atom. The van der Waals surface area contributed by atoms with Gasteiger partial charge in [0.15, 0.2) is 9.84 Å². The van der Waals surface area contributed by atoms with E-state index in [2.05, 4.69) is 21.7 Å². The predicted octanol–water partition coefficient (Wildman–Crippen LogP) is 2.82. The van der Waals surface area contributed by atoms with Gasteiger partial charge in [-0.3, -0.25) is 4.98 Å². The van der Waals surface area contributed by atoms with Crippen molar-refractivity contribution in [3.8, 4) is 11.3 Å². The lowest BCUT2D eigenvalue weighted by Crippen LogP contribution is -2.40. The molecular weight excluding hydrogens is 358 g/mol. The Kier molecular flexibility index (Phi) is 6.99. The zero-order valence-electron chi connectivity index (χ0n) is 15.9.